The fourth-order valence-corrected chi connectivity index (χ4v) is 4.51. The highest BCUT2D eigenvalue weighted by molar-refractivity contribution is 7.99. The van der Waals surface area contributed by atoms with Crippen molar-refractivity contribution in [3.05, 3.63) is 77.7 Å². The van der Waals surface area contributed by atoms with Gasteiger partial charge in [-0.05, 0) is 54.8 Å². The molecular formula is C24H24FN3O3S. The number of amides is 2. The molecule has 166 valence electrons. The molecule has 2 heterocycles. The zero-order valence-corrected chi connectivity index (χ0v) is 18.5. The SMILES string of the molecule is CCOc1ccccc1Oc1ccc(CNC(=O)NC2CCSc3ccc(F)cc32)cn1. The number of pyridine rings is 1. The number of nitrogens with zero attached hydrogens (tertiary/aromatic N) is 1. The lowest BCUT2D eigenvalue weighted by Crippen LogP contribution is -2.38. The number of benzene rings is 2. The van der Waals surface area contributed by atoms with Crippen LogP contribution in [0.25, 0.3) is 0 Å². The Bertz CT molecular complexity index is 1080. The van der Waals surface area contributed by atoms with E-state index in [-0.39, 0.29) is 17.9 Å². The van der Waals surface area contributed by atoms with Crippen LogP contribution in [0.1, 0.15) is 30.5 Å². The summed E-state index contributed by atoms with van der Waals surface area (Å²) in [7, 11) is 0. The van der Waals surface area contributed by atoms with Crippen LogP contribution in [0.4, 0.5) is 9.18 Å². The number of hydrogen-bond acceptors (Lipinski definition) is 5. The second-order valence-corrected chi connectivity index (χ2v) is 8.32. The summed E-state index contributed by atoms with van der Waals surface area (Å²) in [4.78, 5) is 17.7. The van der Waals surface area contributed by atoms with Gasteiger partial charge in [0.25, 0.3) is 0 Å². The highest BCUT2D eigenvalue weighted by atomic mass is 32.2. The second kappa shape index (κ2) is 10.4. The Labute approximate surface area is 190 Å². The number of ether oxygens (including phenoxy) is 2. The molecule has 4 rings (SSSR count). The van der Waals surface area contributed by atoms with E-state index in [0.717, 1.165) is 28.2 Å². The molecule has 2 N–H and O–H groups in total. The number of carbonyl (C=O) groups excluding carboxylic acids is 1. The van der Waals surface area contributed by atoms with Crippen LogP contribution in [-0.2, 0) is 6.54 Å². The van der Waals surface area contributed by atoms with Gasteiger partial charge in [-0.3, -0.25) is 0 Å². The molecule has 2 amide bonds. The van der Waals surface area contributed by atoms with E-state index in [4.69, 9.17) is 9.47 Å². The summed E-state index contributed by atoms with van der Waals surface area (Å²) in [5, 5.41) is 5.78. The fraction of sp³-hybridized carbons (Fsp3) is 0.250. The molecule has 1 aliphatic heterocycles. The maximum atomic E-state index is 13.6. The van der Waals surface area contributed by atoms with Crippen molar-refractivity contribution in [2.75, 3.05) is 12.4 Å². The highest BCUT2D eigenvalue weighted by Gasteiger charge is 2.22. The Morgan fingerprint density at radius 1 is 1.19 bits per heavy atom. The smallest absolute Gasteiger partial charge is 0.315 e. The fourth-order valence-electron chi connectivity index (χ4n) is 3.40. The first-order chi connectivity index (χ1) is 15.6. The van der Waals surface area contributed by atoms with Gasteiger partial charge in [0.05, 0.1) is 12.6 Å². The van der Waals surface area contributed by atoms with Crippen molar-refractivity contribution < 1.29 is 18.7 Å². The number of rotatable bonds is 7. The number of halogens is 1. The number of carbonyl (C=O) groups is 1. The van der Waals surface area contributed by atoms with Crippen LogP contribution in [0, 0.1) is 5.82 Å². The average molecular weight is 454 g/mol. The Morgan fingerprint density at radius 2 is 2.03 bits per heavy atom. The van der Waals surface area contributed by atoms with E-state index in [2.05, 4.69) is 15.6 Å². The zero-order valence-electron chi connectivity index (χ0n) is 17.6. The van der Waals surface area contributed by atoms with E-state index < -0.39 is 0 Å². The van der Waals surface area contributed by atoms with Crippen LogP contribution < -0.4 is 20.1 Å². The molecular weight excluding hydrogens is 429 g/mol. The average Bonchev–Trinajstić information content (AvgIpc) is 2.80. The number of para-hydroxylation sites is 2. The van der Waals surface area contributed by atoms with Gasteiger partial charge in [0.2, 0.25) is 5.88 Å². The largest absolute Gasteiger partial charge is 0.490 e. The third-order valence-electron chi connectivity index (χ3n) is 4.93. The molecule has 6 nitrogen and oxygen atoms in total. The van der Waals surface area contributed by atoms with Crippen LogP contribution >= 0.6 is 11.8 Å². The Morgan fingerprint density at radius 3 is 2.81 bits per heavy atom. The standard InChI is InChI=1S/C24H24FN3O3S/c1-2-30-20-5-3-4-6-21(20)31-23-10-7-16(14-26-23)15-27-24(29)28-19-11-12-32-22-9-8-17(25)13-18(19)22/h3-10,13-14,19H,2,11-12,15H2,1H3,(H2,27,28,29). The molecule has 1 atom stereocenters. The Balaban J connectivity index is 1.31. The van der Waals surface area contributed by atoms with Crippen molar-refractivity contribution >= 4 is 17.8 Å². The minimum Gasteiger partial charge on any atom is -0.490 e. The monoisotopic (exact) mass is 453 g/mol. The topological polar surface area (TPSA) is 72.5 Å². The lowest BCUT2D eigenvalue weighted by Gasteiger charge is -2.26. The Hall–Kier alpha value is -3.26. The summed E-state index contributed by atoms with van der Waals surface area (Å²) in [6.07, 6.45) is 2.41. The maximum Gasteiger partial charge on any atom is 0.315 e. The molecule has 0 fully saturated rings. The third-order valence-corrected chi connectivity index (χ3v) is 6.05. The lowest BCUT2D eigenvalue weighted by atomic mass is 10.0. The van der Waals surface area contributed by atoms with Crippen molar-refractivity contribution in [2.45, 2.75) is 30.8 Å². The molecule has 1 unspecified atom stereocenters. The molecule has 0 saturated heterocycles. The zero-order chi connectivity index (χ0) is 22.3. The number of thioether (sulfide) groups is 1. The molecule has 0 bridgehead atoms. The van der Waals surface area contributed by atoms with Gasteiger partial charge in [0.15, 0.2) is 11.5 Å². The highest BCUT2D eigenvalue weighted by Crippen LogP contribution is 2.36. The Kier molecular flexibility index (Phi) is 7.11. The second-order valence-electron chi connectivity index (χ2n) is 7.19. The van der Waals surface area contributed by atoms with Gasteiger partial charge in [-0.1, -0.05) is 18.2 Å². The number of fused-ring (bicyclic) bond motifs is 1. The predicted molar refractivity (Wildman–Crippen MR) is 122 cm³/mol. The van der Waals surface area contributed by atoms with Crippen molar-refractivity contribution in [3.63, 3.8) is 0 Å². The van der Waals surface area contributed by atoms with Crippen LogP contribution in [0.3, 0.4) is 0 Å². The summed E-state index contributed by atoms with van der Waals surface area (Å²) in [5.74, 6) is 2.26. The number of nitrogens with one attached hydrogen (secondary N) is 2. The summed E-state index contributed by atoms with van der Waals surface area (Å²) in [5.41, 5.74) is 1.66. The van der Waals surface area contributed by atoms with E-state index >= 15 is 0 Å². The van der Waals surface area contributed by atoms with Crippen LogP contribution in [0.15, 0.2) is 65.7 Å². The minimum absolute atomic E-state index is 0.207. The van der Waals surface area contributed by atoms with Crippen LogP contribution in [0.5, 0.6) is 17.4 Å². The number of urea groups is 1. The van der Waals surface area contributed by atoms with Gasteiger partial charge in [0, 0.05) is 29.5 Å². The first kappa shape index (κ1) is 22.0. The molecule has 0 radical (unpaired) electrons. The van der Waals surface area contributed by atoms with Gasteiger partial charge < -0.3 is 20.1 Å². The summed E-state index contributed by atoms with van der Waals surface area (Å²) >= 11 is 1.68. The van der Waals surface area contributed by atoms with Crippen molar-refractivity contribution in [1.29, 1.82) is 0 Å². The van der Waals surface area contributed by atoms with Gasteiger partial charge in [-0.25, -0.2) is 14.2 Å². The maximum absolute atomic E-state index is 13.6. The minimum atomic E-state index is -0.303. The summed E-state index contributed by atoms with van der Waals surface area (Å²) < 4.78 is 25.0. The van der Waals surface area contributed by atoms with E-state index in [0.29, 0.717) is 30.5 Å². The molecule has 0 saturated carbocycles. The van der Waals surface area contributed by atoms with E-state index in [9.17, 15) is 9.18 Å². The number of aromatic nitrogens is 1. The van der Waals surface area contributed by atoms with E-state index in [1.165, 1.54) is 12.1 Å². The molecule has 0 aliphatic carbocycles. The van der Waals surface area contributed by atoms with Crippen molar-refractivity contribution in [2.24, 2.45) is 0 Å². The molecule has 2 aromatic carbocycles. The molecule has 3 aromatic rings. The molecule has 32 heavy (non-hydrogen) atoms. The van der Waals surface area contributed by atoms with Crippen molar-refractivity contribution in [1.82, 2.24) is 15.6 Å². The van der Waals surface area contributed by atoms with Gasteiger partial charge >= 0.3 is 6.03 Å². The van der Waals surface area contributed by atoms with E-state index in [1.54, 1.807) is 30.1 Å². The summed E-state index contributed by atoms with van der Waals surface area (Å²) in [6.45, 7) is 2.77. The van der Waals surface area contributed by atoms with Crippen LogP contribution in [0.2, 0.25) is 0 Å². The normalized spacial score (nSPS) is 14.9. The van der Waals surface area contributed by atoms with E-state index in [1.807, 2.05) is 37.3 Å². The molecule has 1 aliphatic rings. The first-order valence-electron chi connectivity index (χ1n) is 10.4. The first-order valence-corrected chi connectivity index (χ1v) is 11.4. The van der Waals surface area contributed by atoms with Crippen molar-refractivity contribution in [3.8, 4) is 17.4 Å². The quantitative estimate of drug-likeness (QED) is 0.498. The van der Waals surface area contributed by atoms with Gasteiger partial charge in [0.1, 0.15) is 5.82 Å². The molecule has 0 spiro atoms. The third kappa shape index (κ3) is 5.50. The lowest BCUT2D eigenvalue weighted by molar-refractivity contribution is 0.236. The van der Waals surface area contributed by atoms with Gasteiger partial charge in [-0.15, -0.1) is 11.8 Å². The molecule has 8 heteroatoms. The van der Waals surface area contributed by atoms with Crippen LogP contribution in [-0.4, -0.2) is 23.4 Å². The van der Waals surface area contributed by atoms with Gasteiger partial charge in [-0.2, -0.15) is 0 Å². The molecule has 1 aromatic heterocycles. The predicted octanol–water partition coefficient (Wildman–Crippen LogP) is 5.45. The number of hydrogen-bond donors (Lipinski definition) is 2. The summed E-state index contributed by atoms with van der Waals surface area (Å²) in [6, 6.07) is 15.2.